The average molecular weight is 451 g/mol. The molecule has 0 saturated carbocycles. The lowest BCUT2D eigenvalue weighted by Crippen LogP contribution is -2.45. The van der Waals surface area contributed by atoms with Crippen molar-refractivity contribution in [1.29, 1.82) is 0 Å². The molecule has 2 aromatic rings. The van der Waals surface area contributed by atoms with Gasteiger partial charge in [-0.1, -0.05) is 11.6 Å². The highest BCUT2D eigenvalue weighted by Crippen LogP contribution is 2.44. The number of hydrogen-bond donors (Lipinski definition) is 3. The second-order valence-corrected chi connectivity index (χ2v) is 8.28. The first-order valence-corrected chi connectivity index (χ1v) is 10.8. The Balaban J connectivity index is 2.09. The Morgan fingerprint density at radius 2 is 2.03 bits per heavy atom. The molecule has 3 rings (SSSR count). The molecule has 1 fully saturated rings. The minimum atomic E-state index is -1.64. The van der Waals surface area contributed by atoms with Crippen LogP contribution in [0.3, 0.4) is 0 Å². The van der Waals surface area contributed by atoms with Gasteiger partial charge in [-0.05, 0) is 62.9 Å². The Hall–Kier alpha value is -2.58. The van der Waals surface area contributed by atoms with Gasteiger partial charge in [0.1, 0.15) is 17.5 Å². The lowest BCUT2D eigenvalue weighted by molar-refractivity contribution is -0.0420. The summed E-state index contributed by atoms with van der Waals surface area (Å²) in [5.74, 6) is -2.77. The van der Waals surface area contributed by atoms with E-state index in [1.807, 2.05) is 0 Å². The van der Waals surface area contributed by atoms with Gasteiger partial charge in [-0.15, -0.1) is 0 Å². The molecule has 1 amide bonds. The Labute approximate surface area is 186 Å². The number of hydrogen-bond acceptors (Lipinski definition) is 4. The number of benzene rings is 2. The molecule has 32 heavy (non-hydrogen) atoms. The van der Waals surface area contributed by atoms with Crippen LogP contribution in [0, 0.1) is 30.3 Å². The Bertz CT molecular complexity index is 964. The number of halogens is 3. The van der Waals surface area contributed by atoms with Crippen molar-refractivity contribution in [3.63, 3.8) is 0 Å². The van der Waals surface area contributed by atoms with Crippen LogP contribution in [0.5, 0.6) is 0 Å². The summed E-state index contributed by atoms with van der Waals surface area (Å²) in [4.78, 5) is 11.4. The highest BCUT2D eigenvalue weighted by molar-refractivity contribution is 5.71. The van der Waals surface area contributed by atoms with E-state index in [9.17, 15) is 18.7 Å². The van der Waals surface area contributed by atoms with Crippen molar-refractivity contribution in [2.45, 2.75) is 38.2 Å². The summed E-state index contributed by atoms with van der Waals surface area (Å²) in [5, 5.41) is 17.7. The standard InChI is InChI=1S/C24H29F3N2O3/c1-15-6-7-20(26)18(11-15)22-19(12-17(25)13-21(22)27)24(31,16-5-3-9-28-14-16)8-4-10-29-23(30)32-2/h6-7,11-13,16,28,31H,3-5,8-10,14H2,1-2H3,(H,29,30). The van der Waals surface area contributed by atoms with Gasteiger partial charge in [-0.2, -0.15) is 0 Å². The van der Waals surface area contributed by atoms with Gasteiger partial charge >= 0.3 is 6.09 Å². The molecule has 0 spiro atoms. The summed E-state index contributed by atoms with van der Waals surface area (Å²) < 4.78 is 48.9. The number of piperidine rings is 1. The van der Waals surface area contributed by atoms with Crippen molar-refractivity contribution >= 4 is 6.09 Å². The highest BCUT2D eigenvalue weighted by Gasteiger charge is 2.41. The van der Waals surface area contributed by atoms with Crippen LogP contribution in [0.25, 0.3) is 11.1 Å². The lowest BCUT2D eigenvalue weighted by Gasteiger charge is -2.40. The number of rotatable bonds is 7. The topological polar surface area (TPSA) is 70.6 Å². The van der Waals surface area contributed by atoms with E-state index < -0.39 is 29.1 Å². The fourth-order valence-corrected chi connectivity index (χ4v) is 4.46. The van der Waals surface area contributed by atoms with Crippen molar-refractivity contribution in [3.8, 4) is 11.1 Å². The molecular weight excluding hydrogens is 421 g/mol. The minimum absolute atomic E-state index is 0.0197. The number of amides is 1. The monoisotopic (exact) mass is 450 g/mol. The SMILES string of the molecule is COC(=O)NCCCC(O)(c1cc(F)cc(F)c1-c1cc(C)ccc1F)C1CCCNC1. The number of aryl methyl sites for hydroxylation is 1. The van der Waals surface area contributed by atoms with Gasteiger partial charge in [-0.25, -0.2) is 18.0 Å². The molecule has 3 N–H and O–H groups in total. The molecule has 2 atom stereocenters. The smallest absolute Gasteiger partial charge is 0.406 e. The third-order valence-corrected chi connectivity index (χ3v) is 6.07. The van der Waals surface area contributed by atoms with Crippen molar-refractivity contribution in [3.05, 3.63) is 58.9 Å². The number of methoxy groups -OCH3 is 1. The number of carbonyl (C=O) groups is 1. The van der Waals surface area contributed by atoms with Crippen LogP contribution in [0.4, 0.5) is 18.0 Å². The Kier molecular flexibility index (Phi) is 7.79. The molecule has 0 aliphatic carbocycles. The molecule has 1 aliphatic rings. The number of nitrogens with one attached hydrogen (secondary N) is 2. The molecule has 1 aliphatic heterocycles. The maximum Gasteiger partial charge on any atom is 0.406 e. The van der Waals surface area contributed by atoms with Crippen LogP contribution < -0.4 is 10.6 Å². The third-order valence-electron chi connectivity index (χ3n) is 6.07. The molecular formula is C24H29F3N2O3. The summed E-state index contributed by atoms with van der Waals surface area (Å²) in [6, 6.07) is 6.10. The van der Waals surface area contributed by atoms with Crippen molar-refractivity contribution in [1.82, 2.24) is 10.6 Å². The Morgan fingerprint density at radius 1 is 1.25 bits per heavy atom. The maximum absolute atomic E-state index is 15.1. The van der Waals surface area contributed by atoms with Crippen molar-refractivity contribution in [2.24, 2.45) is 5.92 Å². The summed E-state index contributed by atoms with van der Waals surface area (Å²) in [6.07, 6.45) is 1.27. The van der Waals surface area contributed by atoms with Crippen LogP contribution in [-0.4, -0.2) is 37.9 Å². The van der Waals surface area contributed by atoms with Crippen LogP contribution in [0.15, 0.2) is 30.3 Å². The van der Waals surface area contributed by atoms with Crippen LogP contribution in [0.2, 0.25) is 0 Å². The maximum atomic E-state index is 15.1. The normalized spacial score (nSPS) is 18.1. The summed E-state index contributed by atoms with van der Waals surface area (Å²) in [5.41, 5.74) is -1.07. The second kappa shape index (κ2) is 10.4. The summed E-state index contributed by atoms with van der Waals surface area (Å²) in [7, 11) is 1.25. The van der Waals surface area contributed by atoms with E-state index in [2.05, 4.69) is 15.4 Å². The molecule has 1 heterocycles. The van der Waals surface area contributed by atoms with Crippen molar-refractivity contribution in [2.75, 3.05) is 26.7 Å². The number of aliphatic hydroxyl groups is 1. The molecule has 2 aromatic carbocycles. The number of carbonyl (C=O) groups excluding carboxylic acids is 1. The number of ether oxygens (including phenoxy) is 1. The number of alkyl carbamates (subject to hydrolysis) is 1. The van der Waals surface area contributed by atoms with Crippen molar-refractivity contribution < 1.29 is 27.8 Å². The van der Waals surface area contributed by atoms with Crippen LogP contribution in [-0.2, 0) is 10.3 Å². The van der Waals surface area contributed by atoms with Crippen LogP contribution >= 0.6 is 0 Å². The fraction of sp³-hybridized carbons (Fsp3) is 0.458. The molecule has 174 valence electrons. The molecule has 0 aromatic heterocycles. The van der Waals surface area contributed by atoms with Gasteiger partial charge in [0.2, 0.25) is 0 Å². The molecule has 5 nitrogen and oxygen atoms in total. The van der Waals surface area contributed by atoms with Crippen LogP contribution in [0.1, 0.15) is 36.8 Å². The zero-order valence-electron chi connectivity index (χ0n) is 18.3. The highest BCUT2D eigenvalue weighted by atomic mass is 19.1. The molecule has 1 saturated heterocycles. The largest absolute Gasteiger partial charge is 0.453 e. The lowest BCUT2D eigenvalue weighted by atomic mass is 9.72. The van der Waals surface area contributed by atoms with Gasteiger partial charge in [-0.3, -0.25) is 0 Å². The zero-order chi connectivity index (χ0) is 23.3. The van der Waals surface area contributed by atoms with Gasteiger partial charge in [0.25, 0.3) is 0 Å². The van der Waals surface area contributed by atoms with E-state index in [1.54, 1.807) is 13.0 Å². The predicted octanol–water partition coefficient (Wildman–Crippen LogP) is 4.40. The first-order chi connectivity index (χ1) is 15.3. The minimum Gasteiger partial charge on any atom is -0.453 e. The molecule has 0 bridgehead atoms. The molecule has 0 radical (unpaired) electrons. The van der Waals surface area contributed by atoms with E-state index >= 15 is 4.39 Å². The van der Waals surface area contributed by atoms with E-state index in [4.69, 9.17) is 0 Å². The van der Waals surface area contributed by atoms with E-state index in [-0.39, 0.29) is 35.6 Å². The second-order valence-electron chi connectivity index (χ2n) is 8.28. The Morgan fingerprint density at radius 3 is 2.72 bits per heavy atom. The molecule has 2 unspecified atom stereocenters. The summed E-state index contributed by atoms with van der Waals surface area (Å²) in [6.45, 7) is 3.20. The summed E-state index contributed by atoms with van der Waals surface area (Å²) >= 11 is 0. The van der Waals surface area contributed by atoms with Gasteiger partial charge in [0, 0.05) is 36.2 Å². The van der Waals surface area contributed by atoms with E-state index in [0.717, 1.165) is 19.0 Å². The first kappa shape index (κ1) is 24.1. The predicted molar refractivity (Wildman–Crippen MR) is 116 cm³/mol. The molecule has 8 heteroatoms. The fourth-order valence-electron chi connectivity index (χ4n) is 4.46. The average Bonchev–Trinajstić information content (AvgIpc) is 2.78. The zero-order valence-corrected chi connectivity index (χ0v) is 18.3. The quantitative estimate of drug-likeness (QED) is 0.547. The van der Waals surface area contributed by atoms with E-state index in [1.165, 1.54) is 19.2 Å². The third kappa shape index (κ3) is 5.24. The van der Waals surface area contributed by atoms with E-state index in [0.29, 0.717) is 31.0 Å². The van der Waals surface area contributed by atoms with Gasteiger partial charge in [0.15, 0.2) is 0 Å². The van der Waals surface area contributed by atoms with Gasteiger partial charge < -0.3 is 20.5 Å². The van der Waals surface area contributed by atoms with Gasteiger partial charge in [0.05, 0.1) is 12.7 Å². The first-order valence-electron chi connectivity index (χ1n) is 10.8.